The van der Waals surface area contributed by atoms with E-state index in [1.165, 1.54) is 11.8 Å². The van der Waals surface area contributed by atoms with Gasteiger partial charge in [-0.3, -0.25) is 14.5 Å². The van der Waals surface area contributed by atoms with E-state index in [1.54, 1.807) is 41.3 Å². The summed E-state index contributed by atoms with van der Waals surface area (Å²) in [6.07, 6.45) is 1.73. The van der Waals surface area contributed by atoms with Gasteiger partial charge >= 0.3 is 0 Å². The van der Waals surface area contributed by atoms with Gasteiger partial charge in [0.15, 0.2) is 6.61 Å². The number of carbonyl (C=O) groups is 2. The Morgan fingerprint density at radius 1 is 1.19 bits per heavy atom. The molecule has 2 aromatic carbocycles. The molecule has 1 N–H and O–H groups in total. The molecule has 2 aliphatic heterocycles. The van der Waals surface area contributed by atoms with Gasteiger partial charge < -0.3 is 10.1 Å². The Bertz CT molecular complexity index is 973. The highest BCUT2D eigenvalue weighted by Gasteiger charge is 2.28. The number of amides is 2. The number of rotatable bonds is 2. The second-order valence-electron chi connectivity index (χ2n) is 5.57. The number of nitrogens with zero attached hydrogens (tertiary/aromatic N) is 1. The number of nitrogens with one attached hydrogen (secondary N) is 1. The fourth-order valence-electron chi connectivity index (χ4n) is 2.71. The smallest absolute Gasteiger partial charge is 0.269 e. The second-order valence-corrected chi connectivity index (χ2v) is 7.73. The lowest BCUT2D eigenvalue weighted by Gasteiger charge is -2.29. The zero-order chi connectivity index (χ0) is 18.3. The van der Waals surface area contributed by atoms with E-state index < -0.39 is 0 Å². The monoisotopic (exact) mass is 402 g/mol. The van der Waals surface area contributed by atoms with Crippen molar-refractivity contribution in [2.24, 2.45) is 0 Å². The Hall–Kier alpha value is -2.35. The highest BCUT2D eigenvalue weighted by molar-refractivity contribution is 8.26. The Morgan fingerprint density at radius 3 is 2.65 bits per heavy atom. The number of hydrogen-bond acceptors (Lipinski definition) is 5. The molecule has 130 valence electrons. The molecule has 0 bridgehead atoms. The van der Waals surface area contributed by atoms with Crippen LogP contribution in [0.5, 0.6) is 5.75 Å². The number of thiocarbonyl (C=S) groups is 1. The van der Waals surface area contributed by atoms with Gasteiger partial charge in [0.2, 0.25) is 0 Å². The normalized spacial score (nSPS) is 18.0. The van der Waals surface area contributed by atoms with Crippen LogP contribution >= 0.6 is 35.6 Å². The maximum atomic E-state index is 12.5. The van der Waals surface area contributed by atoms with Crippen LogP contribution in [0, 0.1) is 0 Å². The fourth-order valence-corrected chi connectivity index (χ4v) is 3.88. The Balaban J connectivity index is 1.76. The summed E-state index contributed by atoms with van der Waals surface area (Å²) in [4.78, 5) is 26.4. The fraction of sp³-hybridized carbons (Fsp3) is 0.0556. The minimum absolute atomic E-state index is 0.0391. The van der Waals surface area contributed by atoms with E-state index in [0.717, 1.165) is 5.56 Å². The third-order valence-electron chi connectivity index (χ3n) is 3.85. The second kappa shape index (κ2) is 6.75. The lowest BCUT2D eigenvalue weighted by atomic mass is 10.1. The number of carbonyl (C=O) groups excluding carboxylic acids is 2. The Morgan fingerprint density at radius 2 is 1.96 bits per heavy atom. The van der Waals surface area contributed by atoms with Crippen LogP contribution in [0.15, 0.2) is 47.4 Å². The van der Waals surface area contributed by atoms with Gasteiger partial charge in [0.25, 0.3) is 11.8 Å². The molecule has 1 fully saturated rings. The van der Waals surface area contributed by atoms with Gasteiger partial charge in [0.05, 0.1) is 10.6 Å². The standard InChI is InChI=1S/C18H11ClN2O3S2/c19-11-2-4-12(5-3-11)21-13-7-10(1-6-14(13)24-9-16(21)22)8-15-17(23)20-18(25)26-15/h1-8H,9H2,(H,20,23,25)/b15-8-. The lowest BCUT2D eigenvalue weighted by molar-refractivity contribution is -0.120. The minimum atomic E-state index is -0.223. The summed E-state index contributed by atoms with van der Waals surface area (Å²) in [5.41, 5.74) is 2.08. The quantitative estimate of drug-likeness (QED) is 0.610. The predicted molar refractivity (Wildman–Crippen MR) is 107 cm³/mol. The average molecular weight is 403 g/mol. The molecule has 2 heterocycles. The average Bonchev–Trinajstić information content (AvgIpc) is 2.93. The lowest BCUT2D eigenvalue weighted by Crippen LogP contribution is -2.35. The number of thioether (sulfide) groups is 1. The molecule has 4 rings (SSSR count). The minimum Gasteiger partial charge on any atom is -0.482 e. The number of ether oxygens (including phenoxy) is 1. The largest absolute Gasteiger partial charge is 0.482 e. The van der Waals surface area contributed by atoms with E-state index in [0.29, 0.717) is 31.4 Å². The van der Waals surface area contributed by atoms with Crippen molar-refractivity contribution in [2.45, 2.75) is 0 Å². The molecule has 0 unspecified atom stereocenters. The van der Waals surface area contributed by atoms with Gasteiger partial charge in [-0.1, -0.05) is 41.6 Å². The zero-order valence-corrected chi connectivity index (χ0v) is 15.6. The summed E-state index contributed by atoms with van der Waals surface area (Å²) >= 11 is 12.2. The number of fused-ring (bicyclic) bond motifs is 1. The molecule has 0 aliphatic carbocycles. The van der Waals surface area contributed by atoms with Gasteiger partial charge in [-0.15, -0.1) is 0 Å². The van der Waals surface area contributed by atoms with Crippen LogP contribution in [0.25, 0.3) is 6.08 Å². The zero-order valence-electron chi connectivity index (χ0n) is 13.2. The topological polar surface area (TPSA) is 58.6 Å². The van der Waals surface area contributed by atoms with Crippen molar-refractivity contribution in [2.75, 3.05) is 11.5 Å². The molecule has 1 saturated heterocycles. The molecule has 2 amide bonds. The Labute approximate surface area is 164 Å². The predicted octanol–water partition coefficient (Wildman–Crippen LogP) is 3.89. The van der Waals surface area contributed by atoms with Crippen LogP contribution < -0.4 is 15.0 Å². The van der Waals surface area contributed by atoms with Gasteiger partial charge in [0, 0.05) is 10.7 Å². The summed E-state index contributed by atoms with van der Waals surface area (Å²) in [6, 6.07) is 12.4. The third kappa shape index (κ3) is 3.21. The maximum Gasteiger partial charge on any atom is 0.269 e. The van der Waals surface area contributed by atoms with Gasteiger partial charge in [0.1, 0.15) is 10.1 Å². The van der Waals surface area contributed by atoms with Crippen molar-refractivity contribution < 1.29 is 14.3 Å². The molecule has 0 saturated carbocycles. The van der Waals surface area contributed by atoms with Crippen molar-refractivity contribution in [3.63, 3.8) is 0 Å². The van der Waals surface area contributed by atoms with E-state index >= 15 is 0 Å². The van der Waals surface area contributed by atoms with Crippen molar-refractivity contribution in [1.29, 1.82) is 0 Å². The molecule has 2 aromatic rings. The van der Waals surface area contributed by atoms with Crippen LogP contribution in [0.4, 0.5) is 11.4 Å². The number of halogens is 1. The summed E-state index contributed by atoms with van der Waals surface area (Å²) < 4.78 is 5.96. The summed E-state index contributed by atoms with van der Waals surface area (Å²) in [7, 11) is 0. The third-order valence-corrected chi connectivity index (χ3v) is 5.26. The summed E-state index contributed by atoms with van der Waals surface area (Å²) in [5.74, 6) is 0.194. The first-order chi connectivity index (χ1) is 12.5. The molecule has 5 nitrogen and oxygen atoms in total. The van der Waals surface area contributed by atoms with E-state index in [1.807, 2.05) is 12.1 Å². The van der Waals surface area contributed by atoms with Crippen LogP contribution in [0.1, 0.15) is 5.56 Å². The van der Waals surface area contributed by atoms with Crippen molar-refractivity contribution >= 4 is 69.2 Å². The van der Waals surface area contributed by atoms with Gasteiger partial charge in [-0.2, -0.15) is 0 Å². The molecule has 26 heavy (non-hydrogen) atoms. The van der Waals surface area contributed by atoms with Crippen molar-refractivity contribution in [1.82, 2.24) is 5.32 Å². The Kier molecular flexibility index (Phi) is 4.44. The van der Waals surface area contributed by atoms with Crippen molar-refractivity contribution in [3.05, 3.63) is 58.0 Å². The van der Waals surface area contributed by atoms with Crippen LogP contribution in [-0.4, -0.2) is 22.7 Å². The van der Waals surface area contributed by atoms with Crippen LogP contribution in [-0.2, 0) is 9.59 Å². The van der Waals surface area contributed by atoms with Gasteiger partial charge in [-0.05, 0) is 48.0 Å². The molecule has 2 aliphatic rings. The molecule has 8 heteroatoms. The first kappa shape index (κ1) is 17.1. The summed E-state index contributed by atoms with van der Waals surface area (Å²) in [6.45, 7) is -0.0391. The molecular weight excluding hydrogens is 392 g/mol. The van der Waals surface area contributed by atoms with E-state index in [4.69, 9.17) is 28.6 Å². The van der Waals surface area contributed by atoms with E-state index in [-0.39, 0.29) is 18.4 Å². The van der Waals surface area contributed by atoms with Crippen molar-refractivity contribution in [3.8, 4) is 5.75 Å². The SMILES string of the molecule is O=C1NC(=S)S/C1=C\c1ccc2c(c1)N(c1ccc(Cl)cc1)C(=O)CO2. The van der Waals surface area contributed by atoms with E-state index in [2.05, 4.69) is 5.32 Å². The molecular formula is C18H11ClN2O3S2. The van der Waals surface area contributed by atoms with E-state index in [9.17, 15) is 9.59 Å². The van der Waals surface area contributed by atoms with Crippen LogP contribution in [0.3, 0.4) is 0 Å². The maximum absolute atomic E-state index is 12.5. The summed E-state index contributed by atoms with van der Waals surface area (Å²) in [5, 5.41) is 3.17. The number of benzene rings is 2. The molecule has 0 radical (unpaired) electrons. The van der Waals surface area contributed by atoms with Crippen LogP contribution in [0.2, 0.25) is 5.02 Å². The molecule has 0 spiro atoms. The van der Waals surface area contributed by atoms with Gasteiger partial charge in [-0.25, -0.2) is 0 Å². The molecule has 0 aromatic heterocycles. The highest BCUT2D eigenvalue weighted by Crippen LogP contribution is 2.39. The number of anilines is 2. The highest BCUT2D eigenvalue weighted by atomic mass is 35.5. The molecule has 0 atom stereocenters. The first-order valence-electron chi connectivity index (χ1n) is 7.61. The number of hydrogen-bond donors (Lipinski definition) is 1. The first-order valence-corrected chi connectivity index (χ1v) is 9.22.